The van der Waals surface area contributed by atoms with Crippen LogP contribution >= 0.6 is 11.3 Å². The van der Waals surface area contributed by atoms with Crippen LogP contribution in [0.1, 0.15) is 46.1 Å². The van der Waals surface area contributed by atoms with Crippen molar-refractivity contribution in [3.05, 3.63) is 41.8 Å². The Morgan fingerprint density at radius 1 is 1.12 bits per heavy atom. The zero-order valence-electron chi connectivity index (χ0n) is 20.4. The lowest BCUT2D eigenvalue weighted by molar-refractivity contribution is 0.161. The number of anilines is 1. The summed E-state index contributed by atoms with van der Waals surface area (Å²) in [6.45, 7) is 8.92. The normalized spacial score (nSPS) is 17.8. The molecule has 1 fully saturated rings. The third-order valence-electron chi connectivity index (χ3n) is 6.63. The predicted octanol–water partition coefficient (Wildman–Crippen LogP) is 5.61. The highest BCUT2D eigenvalue weighted by atomic mass is 32.1. The SMILES string of the molecule is CN(c1nc2c(F)cc(-c3cc(C#N)c4nn(C)cc4c3)cc2s1)C1CC(C)(C)NC(C)(C)C1. The average molecular weight is 477 g/mol. The number of halogens is 1. The molecule has 1 aliphatic heterocycles. The molecule has 1 saturated heterocycles. The Hall–Kier alpha value is -3.02. The molecule has 6 nitrogen and oxygen atoms in total. The summed E-state index contributed by atoms with van der Waals surface area (Å²) in [5, 5.41) is 19.4. The maximum absolute atomic E-state index is 15.2. The van der Waals surface area contributed by atoms with Gasteiger partial charge in [0.2, 0.25) is 0 Å². The molecule has 5 rings (SSSR count). The molecule has 1 N–H and O–H groups in total. The zero-order valence-corrected chi connectivity index (χ0v) is 21.2. The van der Waals surface area contributed by atoms with Crippen LogP contribution in [0.2, 0.25) is 0 Å². The Labute approximate surface area is 203 Å². The summed E-state index contributed by atoms with van der Waals surface area (Å²) in [5.74, 6) is -0.348. The Morgan fingerprint density at radius 3 is 2.47 bits per heavy atom. The number of benzene rings is 2. The van der Waals surface area contributed by atoms with Crippen molar-refractivity contribution in [3.63, 3.8) is 0 Å². The van der Waals surface area contributed by atoms with E-state index in [-0.39, 0.29) is 16.9 Å². The first kappa shape index (κ1) is 22.8. The van der Waals surface area contributed by atoms with E-state index in [0.29, 0.717) is 22.6 Å². The fourth-order valence-corrected chi connectivity index (χ4v) is 6.55. The first-order chi connectivity index (χ1) is 15.9. The van der Waals surface area contributed by atoms with Crippen molar-refractivity contribution in [3.8, 4) is 17.2 Å². The number of aromatic nitrogens is 3. The zero-order chi connectivity index (χ0) is 24.4. The number of nitrogens with one attached hydrogen (secondary N) is 1. The van der Waals surface area contributed by atoms with Crippen LogP contribution in [0.25, 0.3) is 32.2 Å². The molecule has 34 heavy (non-hydrogen) atoms. The van der Waals surface area contributed by atoms with Crippen molar-refractivity contribution < 1.29 is 4.39 Å². The van der Waals surface area contributed by atoms with Gasteiger partial charge in [-0.3, -0.25) is 4.68 Å². The van der Waals surface area contributed by atoms with Gasteiger partial charge in [0.05, 0.1) is 10.3 Å². The molecule has 8 heteroatoms. The second-order valence-electron chi connectivity index (χ2n) is 10.7. The number of hydrogen-bond donors (Lipinski definition) is 1. The van der Waals surface area contributed by atoms with E-state index in [9.17, 15) is 5.26 Å². The molecule has 2 aromatic carbocycles. The summed E-state index contributed by atoms with van der Waals surface area (Å²) in [7, 11) is 3.89. The minimum absolute atomic E-state index is 0.0131. The lowest BCUT2D eigenvalue weighted by Gasteiger charge is -2.48. The Balaban J connectivity index is 1.54. The van der Waals surface area contributed by atoms with E-state index < -0.39 is 0 Å². The number of fused-ring (bicyclic) bond motifs is 2. The molecule has 0 bridgehead atoms. The molecule has 0 saturated carbocycles. The van der Waals surface area contributed by atoms with Gasteiger partial charge in [-0.15, -0.1) is 0 Å². The predicted molar refractivity (Wildman–Crippen MR) is 137 cm³/mol. The number of nitrogens with zero attached hydrogens (tertiary/aromatic N) is 5. The summed E-state index contributed by atoms with van der Waals surface area (Å²) in [5.41, 5.74) is 3.08. The minimum Gasteiger partial charge on any atom is -0.348 e. The second kappa shape index (κ2) is 7.76. The van der Waals surface area contributed by atoms with Crippen LogP contribution in [0.3, 0.4) is 0 Å². The highest BCUT2D eigenvalue weighted by molar-refractivity contribution is 7.22. The van der Waals surface area contributed by atoms with Crippen LogP contribution < -0.4 is 10.2 Å². The maximum Gasteiger partial charge on any atom is 0.186 e. The number of piperidine rings is 1. The molecular weight excluding hydrogens is 447 g/mol. The largest absolute Gasteiger partial charge is 0.348 e. The van der Waals surface area contributed by atoms with E-state index in [1.54, 1.807) is 10.7 Å². The molecular formula is C26H29FN6S. The summed E-state index contributed by atoms with van der Waals surface area (Å²) < 4.78 is 17.7. The number of hydrogen-bond acceptors (Lipinski definition) is 6. The van der Waals surface area contributed by atoms with Crippen LogP contribution in [0.15, 0.2) is 30.5 Å². The topological polar surface area (TPSA) is 69.8 Å². The van der Waals surface area contributed by atoms with Crippen molar-refractivity contribution in [1.29, 1.82) is 5.26 Å². The van der Waals surface area contributed by atoms with Gasteiger partial charge in [-0.25, -0.2) is 9.37 Å². The molecule has 2 aromatic heterocycles. The van der Waals surface area contributed by atoms with Crippen LogP contribution in [0.4, 0.5) is 9.52 Å². The third-order valence-corrected chi connectivity index (χ3v) is 7.73. The van der Waals surface area contributed by atoms with Gasteiger partial charge >= 0.3 is 0 Å². The summed E-state index contributed by atoms with van der Waals surface area (Å²) in [4.78, 5) is 6.90. The number of rotatable bonds is 3. The molecule has 0 aliphatic carbocycles. The van der Waals surface area contributed by atoms with E-state index in [1.165, 1.54) is 17.4 Å². The molecule has 0 atom stereocenters. The van der Waals surface area contributed by atoms with Crippen molar-refractivity contribution in [2.45, 2.75) is 57.7 Å². The van der Waals surface area contributed by atoms with E-state index in [2.05, 4.69) is 61.1 Å². The number of thiazole rings is 1. The molecule has 0 spiro atoms. The minimum atomic E-state index is -0.348. The van der Waals surface area contributed by atoms with Gasteiger partial charge in [-0.1, -0.05) is 11.3 Å². The Bertz CT molecular complexity index is 1440. The van der Waals surface area contributed by atoms with Crippen LogP contribution in [0.5, 0.6) is 0 Å². The standard InChI is InChI=1S/C26H29FN6S/c1-25(2)11-19(12-26(3,4)31-25)33(6)24-29-23-20(27)9-16(10-21(23)34-24)15-7-17(13-28)22-18(8-15)14-32(5)30-22/h7-10,14,19,31H,11-12H2,1-6H3. The van der Waals surface area contributed by atoms with Gasteiger partial charge in [0.15, 0.2) is 10.9 Å². The van der Waals surface area contributed by atoms with Gasteiger partial charge in [-0.2, -0.15) is 10.4 Å². The average Bonchev–Trinajstić information content (AvgIpc) is 3.33. The van der Waals surface area contributed by atoms with Gasteiger partial charge in [0.1, 0.15) is 17.1 Å². The van der Waals surface area contributed by atoms with Crippen molar-refractivity contribution >= 4 is 37.6 Å². The van der Waals surface area contributed by atoms with Crippen LogP contribution in [-0.4, -0.2) is 38.9 Å². The van der Waals surface area contributed by atoms with Crippen molar-refractivity contribution in [2.24, 2.45) is 7.05 Å². The highest BCUT2D eigenvalue weighted by Gasteiger charge is 2.39. The molecule has 0 unspecified atom stereocenters. The summed E-state index contributed by atoms with van der Waals surface area (Å²) in [6, 6.07) is 9.75. The molecule has 1 aliphatic rings. The van der Waals surface area contributed by atoms with Crippen LogP contribution in [0, 0.1) is 17.1 Å². The molecule has 0 radical (unpaired) electrons. The van der Waals surface area contributed by atoms with E-state index in [4.69, 9.17) is 0 Å². The van der Waals surface area contributed by atoms with Gasteiger partial charge in [0, 0.05) is 42.8 Å². The molecule has 4 aromatic rings. The van der Waals surface area contributed by atoms with Gasteiger partial charge in [0.25, 0.3) is 0 Å². The fourth-order valence-electron chi connectivity index (χ4n) is 5.50. The lowest BCUT2D eigenvalue weighted by atomic mass is 9.79. The first-order valence-corrected chi connectivity index (χ1v) is 12.3. The number of aryl methyl sites for hydroxylation is 1. The number of nitriles is 1. The maximum atomic E-state index is 15.2. The summed E-state index contributed by atoms with van der Waals surface area (Å²) in [6.07, 6.45) is 3.84. The van der Waals surface area contributed by atoms with Gasteiger partial charge < -0.3 is 10.2 Å². The smallest absolute Gasteiger partial charge is 0.186 e. The molecule has 0 amide bonds. The van der Waals surface area contributed by atoms with Crippen molar-refractivity contribution in [2.75, 3.05) is 11.9 Å². The fraction of sp³-hybridized carbons (Fsp3) is 0.423. The van der Waals surface area contributed by atoms with E-state index in [0.717, 1.165) is 39.2 Å². The monoisotopic (exact) mass is 476 g/mol. The highest BCUT2D eigenvalue weighted by Crippen LogP contribution is 2.38. The third kappa shape index (κ3) is 4.04. The first-order valence-electron chi connectivity index (χ1n) is 11.4. The summed E-state index contributed by atoms with van der Waals surface area (Å²) >= 11 is 1.51. The van der Waals surface area contributed by atoms with Crippen molar-refractivity contribution in [1.82, 2.24) is 20.1 Å². The quantitative estimate of drug-likeness (QED) is 0.416. The second-order valence-corrected chi connectivity index (χ2v) is 11.8. The van der Waals surface area contributed by atoms with Gasteiger partial charge in [-0.05, 0) is 75.9 Å². The van der Waals surface area contributed by atoms with E-state index in [1.807, 2.05) is 25.4 Å². The van der Waals surface area contributed by atoms with Crippen LogP contribution in [-0.2, 0) is 7.05 Å². The Morgan fingerprint density at radius 2 is 1.79 bits per heavy atom. The molecule has 3 heterocycles. The molecule has 176 valence electrons. The van der Waals surface area contributed by atoms with E-state index >= 15 is 4.39 Å². The Kier molecular flexibility index (Phi) is 5.19. The lowest BCUT2D eigenvalue weighted by Crippen LogP contribution is -2.61.